The second-order valence-corrected chi connectivity index (χ2v) is 9.93. The summed E-state index contributed by atoms with van der Waals surface area (Å²) in [6, 6.07) is 17.0. The summed E-state index contributed by atoms with van der Waals surface area (Å²) in [6.07, 6.45) is 2.17. The second kappa shape index (κ2) is 11.3. The number of fused-ring (bicyclic) bond motifs is 2. The molecule has 0 saturated heterocycles. The summed E-state index contributed by atoms with van der Waals surface area (Å²) in [5.41, 5.74) is 5.36. The van der Waals surface area contributed by atoms with Crippen molar-refractivity contribution in [1.82, 2.24) is 9.55 Å². The molecule has 2 aromatic carbocycles. The Hall–Kier alpha value is -4.13. The normalized spacial score (nSPS) is 14.4. The van der Waals surface area contributed by atoms with Crippen molar-refractivity contribution >= 4 is 22.7 Å². The van der Waals surface area contributed by atoms with E-state index in [4.69, 9.17) is 19.2 Å². The molecule has 0 amide bonds. The lowest BCUT2D eigenvalue weighted by atomic mass is 9.96. The summed E-state index contributed by atoms with van der Waals surface area (Å²) in [5, 5.41) is 0.751. The van der Waals surface area contributed by atoms with Gasteiger partial charge in [0.1, 0.15) is 6.61 Å². The highest BCUT2D eigenvalue weighted by Gasteiger charge is 2.25. The van der Waals surface area contributed by atoms with Gasteiger partial charge in [0, 0.05) is 28.0 Å². The standard InChI is InChI=1S/C32H34N2O5/c1-5-11-26-23(6-2)31(24-12-7-8-13-27(24)33-26)32(36)38-19-28(35)25-16-20(3)34(21(25)4)17-22-18-37-29-14-9-10-15-30(29)39-22/h7-10,12-16,22H,5-6,11,17-19H2,1-4H3. The van der Waals surface area contributed by atoms with E-state index in [2.05, 4.69) is 11.5 Å². The van der Waals surface area contributed by atoms with Gasteiger partial charge in [-0.1, -0.05) is 50.6 Å². The molecular formula is C32H34N2O5. The summed E-state index contributed by atoms with van der Waals surface area (Å²) < 4.78 is 19.7. The van der Waals surface area contributed by atoms with Crippen LogP contribution in [0.5, 0.6) is 11.5 Å². The highest BCUT2D eigenvalue weighted by molar-refractivity contribution is 6.06. The lowest BCUT2D eigenvalue weighted by Gasteiger charge is -2.27. The van der Waals surface area contributed by atoms with Crippen LogP contribution >= 0.6 is 0 Å². The number of ether oxygens (including phenoxy) is 3. The molecule has 0 spiro atoms. The van der Waals surface area contributed by atoms with Gasteiger partial charge in [0.15, 0.2) is 24.2 Å². The molecule has 0 aliphatic carbocycles. The predicted molar refractivity (Wildman–Crippen MR) is 150 cm³/mol. The van der Waals surface area contributed by atoms with E-state index in [0.717, 1.165) is 57.9 Å². The third kappa shape index (κ3) is 5.26. The molecule has 3 heterocycles. The first-order chi connectivity index (χ1) is 18.9. The summed E-state index contributed by atoms with van der Waals surface area (Å²) in [7, 11) is 0. The fourth-order valence-corrected chi connectivity index (χ4v) is 5.36. The highest BCUT2D eigenvalue weighted by Crippen LogP contribution is 2.32. The van der Waals surface area contributed by atoms with Crippen molar-refractivity contribution in [2.75, 3.05) is 13.2 Å². The van der Waals surface area contributed by atoms with Crippen molar-refractivity contribution < 1.29 is 23.8 Å². The lowest BCUT2D eigenvalue weighted by molar-refractivity contribution is 0.0475. The number of para-hydroxylation sites is 3. The Morgan fingerprint density at radius 2 is 1.79 bits per heavy atom. The maximum absolute atomic E-state index is 13.4. The first kappa shape index (κ1) is 26.5. The Bertz CT molecular complexity index is 1540. The first-order valence-corrected chi connectivity index (χ1v) is 13.6. The molecule has 0 bridgehead atoms. The van der Waals surface area contributed by atoms with Crippen LogP contribution in [0.3, 0.4) is 0 Å². The molecule has 1 unspecified atom stereocenters. The monoisotopic (exact) mass is 526 g/mol. The molecule has 2 aromatic heterocycles. The largest absolute Gasteiger partial charge is 0.486 e. The van der Waals surface area contributed by atoms with Crippen LogP contribution in [0.2, 0.25) is 0 Å². The second-order valence-electron chi connectivity index (χ2n) is 9.93. The van der Waals surface area contributed by atoms with E-state index in [1.165, 1.54) is 0 Å². The van der Waals surface area contributed by atoms with Gasteiger partial charge in [-0.2, -0.15) is 0 Å². The molecule has 39 heavy (non-hydrogen) atoms. The predicted octanol–water partition coefficient (Wildman–Crippen LogP) is 6.05. The van der Waals surface area contributed by atoms with Crippen molar-refractivity contribution in [3.8, 4) is 11.5 Å². The number of rotatable bonds is 9. The van der Waals surface area contributed by atoms with Gasteiger partial charge in [0.05, 0.1) is 17.6 Å². The molecule has 1 aliphatic heterocycles. The minimum Gasteiger partial charge on any atom is -0.486 e. The third-order valence-corrected chi connectivity index (χ3v) is 7.29. The molecule has 0 saturated carbocycles. The van der Waals surface area contributed by atoms with Gasteiger partial charge in [0.25, 0.3) is 0 Å². The number of esters is 1. The maximum Gasteiger partial charge on any atom is 0.339 e. The van der Waals surface area contributed by atoms with Gasteiger partial charge >= 0.3 is 5.97 Å². The van der Waals surface area contributed by atoms with Gasteiger partial charge < -0.3 is 18.8 Å². The zero-order valence-corrected chi connectivity index (χ0v) is 23.0. The number of hydrogen-bond donors (Lipinski definition) is 0. The molecule has 0 N–H and O–H groups in total. The van der Waals surface area contributed by atoms with E-state index in [0.29, 0.717) is 30.7 Å². The van der Waals surface area contributed by atoms with Crippen LogP contribution in [-0.4, -0.2) is 40.6 Å². The van der Waals surface area contributed by atoms with Crippen LogP contribution in [0.4, 0.5) is 0 Å². The van der Waals surface area contributed by atoms with E-state index in [1.807, 2.05) is 75.4 Å². The number of Topliss-reactive ketones (excluding diaryl/α,β-unsaturated/α-hetero) is 1. The van der Waals surface area contributed by atoms with Crippen LogP contribution < -0.4 is 9.47 Å². The summed E-state index contributed by atoms with van der Waals surface area (Å²) in [4.78, 5) is 31.5. The van der Waals surface area contributed by atoms with E-state index in [9.17, 15) is 9.59 Å². The Morgan fingerprint density at radius 1 is 1.05 bits per heavy atom. The van der Waals surface area contributed by atoms with Crippen molar-refractivity contribution in [3.63, 3.8) is 0 Å². The smallest absolute Gasteiger partial charge is 0.339 e. The molecule has 0 radical (unpaired) electrons. The van der Waals surface area contributed by atoms with Crippen molar-refractivity contribution in [3.05, 3.63) is 88.4 Å². The molecule has 7 nitrogen and oxygen atoms in total. The van der Waals surface area contributed by atoms with E-state index in [1.54, 1.807) is 0 Å². The fourth-order valence-electron chi connectivity index (χ4n) is 5.36. The average molecular weight is 527 g/mol. The van der Waals surface area contributed by atoms with Crippen LogP contribution in [-0.2, 0) is 24.1 Å². The van der Waals surface area contributed by atoms with Crippen molar-refractivity contribution in [2.45, 2.75) is 59.6 Å². The number of hydrogen-bond acceptors (Lipinski definition) is 6. The first-order valence-electron chi connectivity index (χ1n) is 13.6. The fraction of sp³-hybridized carbons (Fsp3) is 0.344. The van der Waals surface area contributed by atoms with Gasteiger partial charge in [-0.25, -0.2) is 4.79 Å². The Balaban J connectivity index is 1.33. The average Bonchev–Trinajstić information content (AvgIpc) is 3.23. The van der Waals surface area contributed by atoms with Gasteiger partial charge in [0.2, 0.25) is 5.78 Å². The summed E-state index contributed by atoms with van der Waals surface area (Å²) in [5.74, 6) is 0.731. The van der Waals surface area contributed by atoms with Crippen LogP contribution in [0.25, 0.3) is 10.9 Å². The number of benzene rings is 2. The minimum atomic E-state index is -0.489. The zero-order chi connectivity index (χ0) is 27.5. The molecule has 0 fully saturated rings. The summed E-state index contributed by atoms with van der Waals surface area (Å²) in [6.45, 7) is 8.61. The van der Waals surface area contributed by atoms with E-state index in [-0.39, 0.29) is 18.5 Å². The lowest BCUT2D eigenvalue weighted by Crippen LogP contribution is -2.33. The Morgan fingerprint density at radius 3 is 2.56 bits per heavy atom. The SMILES string of the molecule is CCCc1nc2ccccc2c(C(=O)OCC(=O)c2cc(C)n(CC3COc4ccccc4O3)c2C)c1CC. The van der Waals surface area contributed by atoms with Crippen LogP contribution in [0, 0.1) is 13.8 Å². The molecule has 1 aliphatic rings. The number of aryl methyl sites for hydroxylation is 2. The molecular weight excluding hydrogens is 492 g/mol. The van der Waals surface area contributed by atoms with Gasteiger partial charge in [-0.15, -0.1) is 0 Å². The number of carbonyl (C=O) groups excluding carboxylic acids is 2. The molecule has 4 aromatic rings. The van der Waals surface area contributed by atoms with E-state index >= 15 is 0 Å². The molecule has 1 atom stereocenters. The van der Waals surface area contributed by atoms with Crippen molar-refractivity contribution in [2.24, 2.45) is 0 Å². The highest BCUT2D eigenvalue weighted by atomic mass is 16.6. The number of carbonyl (C=O) groups is 2. The van der Waals surface area contributed by atoms with Crippen LogP contribution in [0.1, 0.15) is 63.6 Å². The Labute approximate surface area is 228 Å². The van der Waals surface area contributed by atoms with Crippen LogP contribution in [0.15, 0.2) is 54.6 Å². The zero-order valence-electron chi connectivity index (χ0n) is 23.0. The van der Waals surface area contributed by atoms with Gasteiger partial charge in [-0.3, -0.25) is 9.78 Å². The summed E-state index contributed by atoms with van der Waals surface area (Å²) >= 11 is 0. The number of aromatic nitrogens is 2. The minimum absolute atomic E-state index is 0.185. The third-order valence-electron chi connectivity index (χ3n) is 7.29. The quantitative estimate of drug-likeness (QED) is 0.195. The van der Waals surface area contributed by atoms with E-state index < -0.39 is 5.97 Å². The number of ketones is 1. The topological polar surface area (TPSA) is 79.7 Å². The maximum atomic E-state index is 13.4. The number of nitrogens with zero attached hydrogens (tertiary/aromatic N) is 2. The number of pyridine rings is 1. The Kier molecular flexibility index (Phi) is 7.68. The molecule has 7 heteroatoms. The van der Waals surface area contributed by atoms with Gasteiger partial charge in [-0.05, 0) is 56.5 Å². The van der Waals surface area contributed by atoms with Crippen molar-refractivity contribution in [1.29, 1.82) is 0 Å². The molecule has 202 valence electrons. The molecule has 5 rings (SSSR count).